The van der Waals surface area contributed by atoms with Crippen LogP contribution in [-0.4, -0.2) is 30.2 Å². The molecule has 2 N–H and O–H groups in total. The van der Waals surface area contributed by atoms with Gasteiger partial charge in [0.1, 0.15) is 0 Å². The fraction of sp³-hybridized carbons (Fsp3) is 0.333. The third-order valence-corrected chi connectivity index (χ3v) is 4.19. The summed E-state index contributed by atoms with van der Waals surface area (Å²) in [6.45, 7) is 0.983. The molecular formula is C18H19NO4. The molecule has 3 rings (SSSR count). The van der Waals surface area contributed by atoms with Gasteiger partial charge in [0.25, 0.3) is 0 Å². The van der Waals surface area contributed by atoms with Crippen LogP contribution >= 0.6 is 0 Å². The standard InChI is InChI=1S/C18H19NO4/c20-17(21)10-16(19-18(22)13-8-9-23-11-13)15-7-3-5-12-4-1-2-6-14(12)15/h1-7,13,16H,8-11H2,(H,19,22)(H,20,21)/t13?,16-/m1/s1. The van der Waals surface area contributed by atoms with E-state index < -0.39 is 12.0 Å². The van der Waals surface area contributed by atoms with E-state index in [1.54, 1.807) is 0 Å². The average molecular weight is 313 g/mol. The summed E-state index contributed by atoms with van der Waals surface area (Å²) < 4.78 is 5.24. The molecule has 0 radical (unpaired) electrons. The first-order valence-corrected chi connectivity index (χ1v) is 7.72. The van der Waals surface area contributed by atoms with Crippen LogP contribution in [-0.2, 0) is 14.3 Å². The van der Waals surface area contributed by atoms with E-state index in [4.69, 9.17) is 4.74 Å². The number of aliphatic carboxylic acids is 1. The molecule has 1 saturated heterocycles. The SMILES string of the molecule is O=C(O)C[C@@H](NC(=O)C1CCOC1)c1cccc2ccccc12. The summed E-state index contributed by atoms with van der Waals surface area (Å²) in [6, 6.07) is 13.0. The molecule has 1 aliphatic heterocycles. The van der Waals surface area contributed by atoms with Crippen molar-refractivity contribution >= 4 is 22.6 Å². The maximum Gasteiger partial charge on any atom is 0.305 e. The zero-order valence-corrected chi connectivity index (χ0v) is 12.7. The van der Waals surface area contributed by atoms with Gasteiger partial charge in [0, 0.05) is 6.61 Å². The van der Waals surface area contributed by atoms with E-state index in [0.29, 0.717) is 19.6 Å². The van der Waals surface area contributed by atoms with E-state index in [0.717, 1.165) is 16.3 Å². The van der Waals surface area contributed by atoms with Crippen molar-refractivity contribution in [3.63, 3.8) is 0 Å². The van der Waals surface area contributed by atoms with Crippen molar-refractivity contribution < 1.29 is 19.4 Å². The summed E-state index contributed by atoms with van der Waals surface area (Å²) in [6.07, 6.45) is 0.536. The smallest absolute Gasteiger partial charge is 0.305 e. The number of rotatable bonds is 5. The highest BCUT2D eigenvalue weighted by Crippen LogP contribution is 2.27. The second-order valence-corrected chi connectivity index (χ2v) is 5.79. The zero-order chi connectivity index (χ0) is 16.2. The molecule has 0 aromatic heterocycles. The molecule has 2 atom stereocenters. The third kappa shape index (κ3) is 3.51. The van der Waals surface area contributed by atoms with Crippen LogP contribution in [0.5, 0.6) is 0 Å². The number of amides is 1. The highest BCUT2D eigenvalue weighted by atomic mass is 16.5. The van der Waals surface area contributed by atoms with E-state index in [2.05, 4.69) is 5.32 Å². The molecule has 5 nitrogen and oxygen atoms in total. The average Bonchev–Trinajstić information content (AvgIpc) is 3.08. The van der Waals surface area contributed by atoms with Crippen LogP contribution in [0.4, 0.5) is 0 Å². The van der Waals surface area contributed by atoms with Gasteiger partial charge < -0.3 is 15.2 Å². The van der Waals surface area contributed by atoms with Gasteiger partial charge in [-0.05, 0) is 22.8 Å². The Kier molecular flexibility index (Phi) is 4.57. The van der Waals surface area contributed by atoms with E-state index in [9.17, 15) is 14.7 Å². The van der Waals surface area contributed by atoms with Gasteiger partial charge in [0.2, 0.25) is 5.91 Å². The van der Waals surface area contributed by atoms with E-state index in [1.165, 1.54) is 0 Å². The molecule has 1 aliphatic rings. The van der Waals surface area contributed by atoms with Crippen LogP contribution in [0.2, 0.25) is 0 Å². The number of carboxylic acids is 1. The molecule has 1 heterocycles. The molecule has 0 bridgehead atoms. The van der Waals surface area contributed by atoms with Crippen molar-refractivity contribution in [2.45, 2.75) is 18.9 Å². The van der Waals surface area contributed by atoms with Crippen molar-refractivity contribution in [3.8, 4) is 0 Å². The van der Waals surface area contributed by atoms with Crippen molar-refractivity contribution in [2.24, 2.45) is 5.92 Å². The Morgan fingerprint density at radius 3 is 2.74 bits per heavy atom. The molecule has 5 heteroatoms. The number of ether oxygens (including phenoxy) is 1. The number of hydrogen-bond acceptors (Lipinski definition) is 3. The summed E-state index contributed by atoms with van der Waals surface area (Å²) >= 11 is 0. The van der Waals surface area contributed by atoms with Crippen molar-refractivity contribution in [2.75, 3.05) is 13.2 Å². The highest BCUT2D eigenvalue weighted by Gasteiger charge is 2.27. The van der Waals surface area contributed by atoms with Crippen molar-refractivity contribution in [1.82, 2.24) is 5.32 Å². The van der Waals surface area contributed by atoms with E-state index >= 15 is 0 Å². The van der Waals surface area contributed by atoms with Gasteiger partial charge in [-0.2, -0.15) is 0 Å². The predicted octanol–water partition coefficient (Wildman–Crippen LogP) is 2.51. The number of hydrogen-bond donors (Lipinski definition) is 2. The predicted molar refractivity (Wildman–Crippen MR) is 86.0 cm³/mol. The lowest BCUT2D eigenvalue weighted by Crippen LogP contribution is -2.35. The Balaban J connectivity index is 1.91. The third-order valence-electron chi connectivity index (χ3n) is 4.19. The topological polar surface area (TPSA) is 75.6 Å². The largest absolute Gasteiger partial charge is 0.481 e. The van der Waals surface area contributed by atoms with Crippen LogP contribution in [0.3, 0.4) is 0 Å². The van der Waals surface area contributed by atoms with E-state index in [-0.39, 0.29) is 18.2 Å². The lowest BCUT2D eigenvalue weighted by atomic mass is 9.96. The number of benzene rings is 2. The van der Waals surface area contributed by atoms with Gasteiger partial charge in [-0.15, -0.1) is 0 Å². The van der Waals surface area contributed by atoms with Gasteiger partial charge in [-0.25, -0.2) is 0 Å². The minimum absolute atomic E-state index is 0.137. The summed E-state index contributed by atoms with van der Waals surface area (Å²) in [5, 5.41) is 14.1. The molecule has 1 fully saturated rings. The summed E-state index contributed by atoms with van der Waals surface area (Å²) in [7, 11) is 0. The molecule has 0 aliphatic carbocycles. The first kappa shape index (κ1) is 15.5. The molecule has 0 saturated carbocycles. The second-order valence-electron chi connectivity index (χ2n) is 5.79. The Morgan fingerprint density at radius 1 is 1.22 bits per heavy atom. The minimum Gasteiger partial charge on any atom is -0.481 e. The van der Waals surface area contributed by atoms with Gasteiger partial charge >= 0.3 is 5.97 Å². The van der Waals surface area contributed by atoms with Crippen LogP contribution in [0.25, 0.3) is 10.8 Å². The van der Waals surface area contributed by atoms with Crippen molar-refractivity contribution in [3.05, 3.63) is 48.0 Å². The maximum absolute atomic E-state index is 12.4. The molecule has 0 spiro atoms. The molecule has 1 unspecified atom stereocenters. The number of carboxylic acid groups (broad SMARTS) is 1. The van der Waals surface area contributed by atoms with Crippen LogP contribution in [0.15, 0.2) is 42.5 Å². The summed E-state index contributed by atoms with van der Waals surface area (Å²) in [5.74, 6) is -1.27. The van der Waals surface area contributed by atoms with Gasteiger partial charge in [0.05, 0.1) is 25.0 Å². The van der Waals surface area contributed by atoms with E-state index in [1.807, 2.05) is 42.5 Å². The number of carbonyl (C=O) groups excluding carboxylic acids is 1. The molecule has 1 amide bonds. The number of nitrogens with one attached hydrogen (secondary N) is 1. The summed E-state index contributed by atoms with van der Waals surface area (Å²) in [4.78, 5) is 23.6. The lowest BCUT2D eigenvalue weighted by molar-refractivity contribution is -0.137. The Morgan fingerprint density at radius 2 is 2.00 bits per heavy atom. The Bertz CT molecular complexity index is 717. The molecule has 2 aromatic carbocycles. The quantitative estimate of drug-likeness (QED) is 0.889. The van der Waals surface area contributed by atoms with Crippen LogP contribution < -0.4 is 5.32 Å². The fourth-order valence-electron chi connectivity index (χ4n) is 3.00. The maximum atomic E-state index is 12.4. The van der Waals surface area contributed by atoms with Crippen LogP contribution in [0, 0.1) is 5.92 Å². The zero-order valence-electron chi connectivity index (χ0n) is 12.7. The monoisotopic (exact) mass is 313 g/mol. The van der Waals surface area contributed by atoms with Gasteiger partial charge in [-0.3, -0.25) is 9.59 Å². The normalized spacial score (nSPS) is 18.7. The number of fused-ring (bicyclic) bond motifs is 1. The molecule has 120 valence electrons. The first-order valence-electron chi connectivity index (χ1n) is 7.72. The summed E-state index contributed by atoms with van der Waals surface area (Å²) in [5.41, 5.74) is 0.831. The van der Waals surface area contributed by atoms with Gasteiger partial charge in [-0.1, -0.05) is 42.5 Å². The highest BCUT2D eigenvalue weighted by molar-refractivity contribution is 5.88. The minimum atomic E-state index is -0.939. The molecule has 2 aromatic rings. The fourth-order valence-corrected chi connectivity index (χ4v) is 3.00. The van der Waals surface area contributed by atoms with Crippen LogP contribution in [0.1, 0.15) is 24.4 Å². The first-order chi connectivity index (χ1) is 11.1. The molecule has 23 heavy (non-hydrogen) atoms. The van der Waals surface area contributed by atoms with Crippen molar-refractivity contribution in [1.29, 1.82) is 0 Å². The Labute approximate surface area is 134 Å². The second kappa shape index (κ2) is 6.79. The Hall–Kier alpha value is -2.40. The molecular weight excluding hydrogens is 294 g/mol. The van der Waals surface area contributed by atoms with Gasteiger partial charge in [0.15, 0.2) is 0 Å². The lowest BCUT2D eigenvalue weighted by Gasteiger charge is -2.21. The number of carbonyl (C=O) groups is 2.